The second-order valence-corrected chi connectivity index (χ2v) is 5.36. The summed E-state index contributed by atoms with van der Waals surface area (Å²) in [7, 11) is 0. The number of hydrogen-bond donors (Lipinski definition) is 1. The highest BCUT2D eigenvalue weighted by Gasteiger charge is 2.32. The van der Waals surface area contributed by atoms with E-state index in [1.54, 1.807) is 11.3 Å². The summed E-state index contributed by atoms with van der Waals surface area (Å²) < 4.78 is 0.989. The molecule has 1 saturated heterocycles. The van der Waals surface area contributed by atoms with Crippen LogP contribution in [-0.2, 0) is 4.79 Å². The molecule has 0 bridgehead atoms. The maximum Gasteiger partial charge on any atom is 0.326 e. The minimum absolute atomic E-state index is 0.453. The van der Waals surface area contributed by atoms with Gasteiger partial charge in [0.2, 0.25) is 0 Å². The smallest absolute Gasteiger partial charge is 0.326 e. The summed E-state index contributed by atoms with van der Waals surface area (Å²) in [4.78, 5) is 21.7. The van der Waals surface area contributed by atoms with Crippen molar-refractivity contribution in [1.82, 2.24) is 9.97 Å². The normalized spacial score (nSPS) is 19.6. The standard InChI is InChI=1S/C12H13N3O2S/c1-7-5-18-10-9(7)13-6-14-11(10)15-4-2-3-8(15)12(16)17/h5-6,8H,2-4H2,1H3,(H,16,17). The van der Waals surface area contributed by atoms with Crippen molar-refractivity contribution in [2.75, 3.05) is 11.4 Å². The zero-order chi connectivity index (χ0) is 12.7. The molecule has 1 aliphatic rings. The first kappa shape index (κ1) is 11.4. The first-order valence-electron chi connectivity index (χ1n) is 5.86. The fourth-order valence-electron chi connectivity index (χ4n) is 2.44. The van der Waals surface area contributed by atoms with Gasteiger partial charge in [0.15, 0.2) is 5.82 Å². The molecule has 2 aromatic rings. The Morgan fingerprint density at radius 2 is 2.39 bits per heavy atom. The van der Waals surface area contributed by atoms with Crippen molar-refractivity contribution in [1.29, 1.82) is 0 Å². The van der Waals surface area contributed by atoms with Crippen LogP contribution in [0.15, 0.2) is 11.7 Å². The van der Waals surface area contributed by atoms with Crippen LogP contribution in [0.4, 0.5) is 5.82 Å². The van der Waals surface area contributed by atoms with Crippen LogP contribution in [0.2, 0.25) is 0 Å². The van der Waals surface area contributed by atoms with Crippen LogP contribution in [0.25, 0.3) is 10.2 Å². The van der Waals surface area contributed by atoms with Gasteiger partial charge in [-0.25, -0.2) is 14.8 Å². The minimum Gasteiger partial charge on any atom is -0.480 e. The van der Waals surface area contributed by atoms with E-state index < -0.39 is 12.0 Å². The van der Waals surface area contributed by atoms with Gasteiger partial charge in [0.1, 0.15) is 12.4 Å². The summed E-state index contributed by atoms with van der Waals surface area (Å²) in [5.74, 6) is -0.00413. The summed E-state index contributed by atoms with van der Waals surface area (Å²) in [6.07, 6.45) is 3.10. The van der Waals surface area contributed by atoms with Crippen molar-refractivity contribution in [3.05, 3.63) is 17.3 Å². The lowest BCUT2D eigenvalue weighted by atomic mass is 10.2. The van der Waals surface area contributed by atoms with Crippen molar-refractivity contribution in [3.63, 3.8) is 0 Å². The molecule has 3 heterocycles. The lowest BCUT2D eigenvalue weighted by Crippen LogP contribution is -2.36. The van der Waals surface area contributed by atoms with Crippen LogP contribution in [0.1, 0.15) is 18.4 Å². The highest BCUT2D eigenvalue weighted by Crippen LogP contribution is 2.34. The SMILES string of the molecule is Cc1csc2c(N3CCCC3C(=O)O)ncnc12. The largest absolute Gasteiger partial charge is 0.480 e. The Labute approximate surface area is 108 Å². The van der Waals surface area contributed by atoms with E-state index in [0.29, 0.717) is 6.42 Å². The van der Waals surface area contributed by atoms with Gasteiger partial charge in [-0.05, 0) is 30.7 Å². The van der Waals surface area contributed by atoms with Gasteiger partial charge >= 0.3 is 5.97 Å². The summed E-state index contributed by atoms with van der Waals surface area (Å²) in [5, 5.41) is 11.3. The Morgan fingerprint density at radius 1 is 1.56 bits per heavy atom. The summed E-state index contributed by atoms with van der Waals surface area (Å²) in [6, 6.07) is -0.453. The quantitative estimate of drug-likeness (QED) is 0.898. The number of aryl methyl sites for hydroxylation is 1. The van der Waals surface area contributed by atoms with Gasteiger partial charge in [-0.15, -0.1) is 11.3 Å². The topological polar surface area (TPSA) is 66.3 Å². The number of hydrogen-bond acceptors (Lipinski definition) is 5. The molecule has 1 unspecified atom stereocenters. The Kier molecular flexibility index (Phi) is 2.66. The number of fused-ring (bicyclic) bond motifs is 1. The van der Waals surface area contributed by atoms with Crippen molar-refractivity contribution in [2.45, 2.75) is 25.8 Å². The van der Waals surface area contributed by atoms with Gasteiger partial charge in [0.05, 0.1) is 10.2 Å². The van der Waals surface area contributed by atoms with Crippen molar-refractivity contribution in [2.24, 2.45) is 0 Å². The molecule has 0 spiro atoms. The maximum atomic E-state index is 11.2. The van der Waals surface area contributed by atoms with Crippen molar-refractivity contribution in [3.8, 4) is 0 Å². The van der Waals surface area contributed by atoms with Crippen molar-refractivity contribution >= 4 is 33.3 Å². The molecule has 0 radical (unpaired) electrons. The molecule has 3 rings (SSSR count). The third-order valence-electron chi connectivity index (χ3n) is 3.32. The van der Waals surface area contributed by atoms with Gasteiger partial charge in [-0.1, -0.05) is 0 Å². The molecule has 0 amide bonds. The van der Waals surface area contributed by atoms with Crippen LogP contribution in [0, 0.1) is 6.92 Å². The first-order valence-corrected chi connectivity index (χ1v) is 6.74. The van der Waals surface area contributed by atoms with Gasteiger partial charge in [-0.3, -0.25) is 0 Å². The number of rotatable bonds is 2. The molecule has 0 aliphatic carbocycles. The predicted molar refractivity (Wildman–Crippen MR) is 70.2 cm³/mol. The molecule has 0 aromatic carbocycles. The molecule has 5 nitrogen and oxygen atoms in total. The fraction of sp³-hybridized carbons (Fsp3) is 0.417. The number of aliphatic carboxylic acids is 1. The molecule has 18 heavy (non-hydrogen) atoms. The van der Waals surface area contributed by atoms with E-state index in [9.17, 15) is 9.90 Å². The van der Waals surface area contributed by atoms with E-state index in [1.807, 2.05) is 17.2 Å². The number of anilines is 1. The summed E-state index contributed by atoms with van der Waals surface area (Å²) in [5.41, 5.74) is 2.05. The number of thiophene rings is 1. The molecule has 1 atom stereocenters. The average molecular weight is 263 g/mol. The highest BCUT2D eigenvalue weighted by molar-refractivity contribution is 7.18. The molecule has 0 saturated carbocycles. The molecule has 1 N–H and O–H groups in total. The van der Waals surface area contributed by atoms with Gasteiger partial charge in [-0.2, -0.15) is 0 Å². The van der Waals surface area contributed by atoms with Crippen LogP contribution in [0.5, 0.6) is 0 Å². The Morgan fingerprint density at radius 3 is 3.17 bits per heavy atom. The molecule has 94 valence electrons. The fourth-order valence-corrected chi connectivity index (χ4v) is 3.45. The molecule has 2 aromatic heterocycles. The van der Waals surface area contributed by atoms with Gasteiger partial charge in [0.25, 0.3) is 0 Å². The monoisotopic (exact) mass is 263 g/mol. The number of aromatic nitrogens is 2. The van der Waals surface area contributed by atoms with E-state index >= 15 is 0 Å². The number of carboxylic acid groups (broad SMARTS) is 1. The van der Waals surface area contributed by atoms with Crippen LogP contribution in [-0.4, -0.2) is 33.6 Å². The predicted octanol–water partition coefficient (Wildman–Crippen LogP) is 2.05. The number of carboxylic acids is 1. The molecular weight excluding hydrogens is 250 g/mol. The van der Waals surface area contributed by atoms with Gasteiger partial charge < -0.3 is 10.0 Å². The average Bonchev–Trinajstić information content (AvgIpc) is 2.96. The van der Waals surface area contributed by atoms with E-state index in [1.165, 1.54) is 6.33 Å². The van der Waals surface area contributed by atoms with Crippen LogP contribution >= 0.6 is 11.3 Å². The Bertz CT molecular complexity index is 610. The summed E-state index contributed by atoms with van der Waals surface area (Å²) in [6.45, 7) is 2.76. The second-order valence-electron chi connectivity index (χ2n) is 4.48. The number of carbonyl (C=O) groups is 1. The van der Waals surface area contributed by atoms with Gasteiger partial charge in [0, 0.05) is 6.54 Å². The zero-order valence-electron chi connectivity index (χ0n) is 9.96. The zero-order valence-corrected chi connectivity index (χ0v) is 10.8. The Hall–Kier alpha value is -1.69. The van der Waals surface area contributed by atoms with Crippen LogP contribution < -0.4 is 4.90 Å². The van der Waals surface area contributed by atoms with Crippen LogP contribution in [0.3, 0.4) is 0 Å². The Balaban J connectivity index is 2.11. The second kappa shape index (κ2) is 4.20. The third kappa shape index (κ3) is 1.64. The first-order chi connectivity index (χ1) is 8.68. The lowest BCUT2D eigenvalue weighted by molar-refractivity contribution is -0.138. The number of nitrogens with zero attached hydrogens (tertiary/aromatic N) is 3. The summed E-state index contributed by atoms with van der Waals surface area (Å²) >= 11 is 1.58. The molecule has 1 aliphatic heterocycles. The van der Waals surface area contributed by atoms with E-state index in [4.69, 9.17) is 0 Å². The van der Waals surface area contributed by atoms with E-state index in [0.717, 1.165) is 34.6 Å². The molecule has 6 heteroatoms. The van der Waals surface area contributed by atoms with E-state index in [2.05, 4.69) is 9.97 Å². The van der Waals surface area contributed by atoms with Crippen molar-refractivity contribution < 1.29 is 9.90 Å². The molecule has 1 fully saturated rings. The third-order valence-corrected chi connectivity index (χ3v) is 4.41. The molecular formula is C12H13N3O2S. The lowest BCUT2D eigenvalue weighted by Gasteiger charge is -2.22. The maximum absolute atomic E-state index is 11.2. The van der Waals surface area contributed by atoms with E-state index in [-0.39, 0.29) is 0 Å². The highest BCUT2D eigenvalue weighted by atomic mass is 32.1. The minimum atomic E-state index is -0.771.